The summed E-state index contributed by atoms with van der Waals surface area (Å²) >= 11 is 0. The third-order valence-corrected chi connectivity index (χ3v) is 4.58. The second-order valence-corrected chi connectivity index (χ2v) is 8.94. The number of ether oxygens (including phenoxy) is 1. The second-order valence-electron chi connectivity index (χ2n) is 3.82. The van der Waals surface area contributed by atoms with Crippen LogP contribution in [-0.2, 0) is 4.74 Å². The van der Waals surface area contributed by atoms with Gasteiger partial charge in [0.05, 0.1) is 14.2 Å². The Morgan fingerprint density at radius 1 is 1.44 bits per heavy atom. The molecular formula is C7H16OSi. The van der Waals surface area contributed by atoms with E-state index in [1.807, 2.05) is 0 Å². The summed E-state index contributed by atoms with van der Waals surface area (Å²) < 4.78 is 5.55. The Morgan fingerprint density at radius 2 is 2.11 bits per heavy atom. The first-order valence-corrected chi connectivity index (χ1v) is 7.13. The standard InChI is InChI=1S/C7H16OSi/c1-7-4-5-9(2,3)6-8-7/h7H,4-6H2,1-3H3. The highest BCUT2D eigenvalue weighted by Crippen LogP contribution is 2.21. The molecule has 1 saturated heterocycles. The third kappa shape index (κ3) is 2.10. The lowest BCUT2D eigenvalue weighted by Gasteiger charge is -2.31. The van der Waals surface area contributed by atoms with Gasteiger partial charge >= 0.3 is 0 Å². The molecule has 1 unspecified atom stereocenters. The molecule has 0 N–H and O–H groups in total. The quantitative estimate of drug-likeness (QED) is 0.473. The minimum absolute atomic E-state index is 0.533. The van der Waals surface area contributed by atoms with Crippen LogP contribution in [0.5, 0.6) is 0 Å². The van der Waals surface area contributed by atoms with E-state index < -0.39 is 8.07 Å². The molecular weight excluding hydrogens is 128 g/mol. The van der Waals surface area contributed by atoms with Gasteiger partial charge in [-0.1, -0.05) is 19.1 Å². The molecule has 0 aliphatic carbocycles. The summed E-state index contributed by atoms with van der Waals surface area (Å²) in [6.45, 7) is 6.97. The van der Waals surface area contributed by atoms with Crippen molar-refractivity contribution in [2.24, 2.45) is 0 Å². The third-order valence-electron chi connectivity index (χ3n) is 1.99. The average Bonchev–Trinajstić information content (AvgIpc) is 1.78. The first-order valence-electron chi connectivity index (χ1n) is 3.72. The van der Waals surface area contributed by atoms with E-state index in [2.05, 4.69) is 20.0 Å². The molecule has 0 aromatic carbocycles. The lowest BCUT2D eigenvalue weighted by molar-refractivity contribution is 0.0818. The molecule has 1 aliphatic rings. The van der Waals surface area contributed by atoms with Crippen LogP contribution in [0.25, 0.3) is 0 Å². The molecule has 1 nitrogen and oxygen atoms in total. The fourth-order valence-corrected chi connectivity index (χ4v) is 3.19. The van der Waals surface area contributed by atoms with E-state index in [0.717, 1.165) is 6.23 Å². The van der Waals surface area contributed by atoms with Crippen molar-refractivity contribution < 1.29 is 4.74 Å². The van der Waals surface area contributed by atoms with E-state index in [4.69, 9.17) is 4.74 Å². The van der Waals surface area contributed by atoms with Gasteiger partial charge < -0.3 is 4.74 Å². The zero-order valence-electron chi connectivity index (χ0n) is 6.61. The molecule has 1 atom stereocenters. The Kier molecular flexibility index (Phi) is 1.96. The summed E-state index contributed by atoms with van der Waals surface area (Å²) in [5.74, 6) is 0. The van der Waals surface area contributed by atoms with Crippen LogP contribution < -0.4 is 0 Å². The van der Waals surface area contributed by atoms with Crippen molar-refractivity contribution in [3.05, 3.63) is 0 Å². The van der Waals surface area contributed by atoms with E-state index in [-0.39, 0.29) is 0 Å². The van der Waals surface area contributed by atoms with E-state index in [0.29, 0.717) is 6.10 Å². The van der Waals surface area contributed by atoms with Gasteiger partial charge in [0, 0.05) is 6.23 Å². The van der Waals surface area contributed by atoms with Crippen molar-refractivity contribution in [1.29, 1.82) is 0 Å². The fraction of sp³-hybridized carbons (Fsp3) is 1.00. The van der Waals surface area contributed by atoms with E-state index in [9.17, 15) is 0 Å². The summed E-state index contributed by atoms with van der Waals surface area (Å²) in [6.07, 6.45) is 2.90. The van der Waals surface area contributed by atoms with Gasteiger partial charge in [-0.2, -0.15) is 0 Å². The van der Waals surface area contributed by atoms with E-state index in [1.54, 1.807) is 0 Å². The predicted molar refractivity (Wildman–Crippen MR) is 42.3 cm³/mol. The smallest absolute Gasteiger partial charge is 0.0777 e. The molecule has 2 heteroatoms. The lowest BCUT2D eigenvalue weighted by atomic mass is 10.3. The van der Waals surface area contributed by atoms with Crippen molar-refractivity contribution in [3.8, 4) is 0 Å². The highest BCUT2D eigenvalue weighted by molar-refractivity contribution is 6.77. The Morgan fingerprint density at radius 3 is 2.44 bits per heavy atom. The van der Waals surface area contributed by atoms with Gasteiger partial charge in [-0.25, -0.2) is 0 Å². The summed E-state index contributed by atoms with van der Waals surface area (Å²) in [4.78, 5) is 0. The van der Waals surface area contributed by atoms with Gasteiger partial charge in [0.25, 0.3) is 0 Å². The molecule has 0 saturated carbocycles. The van der Waals surface area contributed by atoms with Gasteiger partial charge in [0.2, 0.25) is 0 Å². The Hall–Kier alpha value is 0.177. The van der Waals surface area contributed by atoms with Gasteiger partial charge in [-0.15, -0.1) is 0 Å². The minimum Gasteiger partial charge on any atom is -0.382 e. The summed E-state index contributed by atoms with van der Waals surface area (Å²) in [5.41, 5.74) is 0. The van der Waals surface area contributed by atoms with Gasteiger partial charge in [-0.3, -0.25) is 0 Å². The van der Waals surface area contributed by atoms with Crippen molar-refractivity contribution in [2.75, 3.05) is 6.23 Å². The number of hydrogen-bond donors (Lipinski definition) is 0. The van der Waals surface area contributed by atoms with E-state index in [1.165, 1.54) is 12.5 Å². The predicted octanol–water partition coefficient (Wildman–Crippen LogP) is 2.04. The zero-order valence-corrected chi connectivity index (χ0v) is 7.61. The van der Waals surface area contributed by atoms with Gasteiger partial charge in [0.1, 0.15) is 0 Å². The fourth-order valence-electron chi connectivity index (χ4n) is 1.12. The summed E-state index contributed by atoms with van der Waals surface area (Å²) in [5, 5.41) is 0. The summed E-state index contributed by atoms with van der Waals surface area (Å²) in [7, 11) is -0.854. The Balaban J connectivity index is 2.35. The van der Waals surface area contributed by atoms with Crippen LogP contribution in [0.3, 0.4) is 0 Å². The van der Waals surface area contributed by atoms with Crippen molar-refractivity contribution in [1.82, 2.24) is 0 Å². The summed E-state index contributed by atoms with van der Waals surface area (Å²) in [6, 6.07) is 1.45. The first-order chi connectivity index (χ1) is 4.10. The molecule has 0 radical (unpaired) electrons. The maximum Gasteiger partial charge on any atom is 0.0777 e. The molecule has 54 valence electrons. The molecule has 0 amide bonds. The molecule has 0 spiro atoms. The van der Waals surface area contributed by atoms with E-state index >= 15 is 0 Å². The van der Waals surface area contributed by atoms with Crippen molar-refractivity contribution in [2.45, 2.75) is 38.6 Å². The maximum atomic E-state index is 5.55. The van der Waals surface area contributed by atoms with Gasteiger partial charge in [-0.05, 0) is 13.3 Å². The van der Waals surface area contributed by atoms with Crippen LogP contribution >= 0.6 is 0 Å². The highest BCUT2D eigenvalue weighted by Gasteiger charge is 2.26. The molecule has 0 bridgehead atoms. The molecule has 9 heavy (non-hydrogen) atoms. The average molecular weight is 144 g/mol. The van der Waals surface area contributed by atoms with Crippen LogP contribution in [0.1, 0.15) is 13.3 Å². The van der Waals surface area contributed by atoms with Crippen LogP contribution in [-0.4, -0.2) is 20.4 Å². The zero-order chi connectivity index (χ0) is 6.91. The highest BCUT2D eigenvalue weighted by atomic mass is 28.3. The second kappa shape index (κ2) is 2.43. The van der Waals surface area contributed by atoms with Crippen molar-refractivity contribution >= 4 is 8.07 Å². The monoisotopic (exact) mass is 144 g/mol. The molecule has 1 rings (SSSR count). The van der Waals surface area contributed by atoms with Crippen LogP contribution in [0.4, 0.5) is 0 Å². The number of hydrogen-bond acceptors (Lipinski definition) is 1. The van der Waals surface area contributed by atoms with Crippen LogP contribution in [0, 0.1) is 0 Å². The Bertz CT molecular complexity index is 91.1. The molecule has 0 aromatic rings. The molecule has 0 aromatic heterocycles. The molecule has 1 heterocycles. The SMILES string of the molecule is CC1CC[Si](C)(C)CO1. The van der Waals surface area contributed by atoms with Crippen LogP contribution in [0.2, 0.25) is 19.1 Å². The normalized spacial score (nSPS) is 34.3. The Labute approximate surface area is 58.4 Å². The largest absolute Gasteiger partial charge is 0.382 e. The lowest BCUT2D eigenvalue weighted by Crippen LogP contribution is -2.39. The topological polar surface area (TPSA) is 9.23 Å². The first kappa shape index (κ1) is 7.29. The minimum atomic E-state index is -0.854. The van der Waals surface area contributed by atoms with Gasteiger partial charge in [0.15, 0.2) is 0 Å². The van der Waals surface area contributed by atoms with Crippen LogP contribution in [0.15, 0.2) is 0 Å². The maximum absolute atomic E-state index is 5.55. The molecule has 1 fully saturated rings. The number of rotatable bonds is 0. The molecule has 1 aliphatic heterocycles. The van der Waals surface area contributed by atoms with Crippen molar-refractivity contribution in [3.63, 3.8) is 0 Å².